The lowest BCUT2D eigenvalue weighted by Gasteiger charge is -2.08. The van der Waals surface area contributed by atoms with Crippen LogP contribution in [0.5, 0.6) is 0 Å². The second-order valence-electron chi connectivity index (χ2n) is 4.07. The molecule has 1 aromatic heterocycles. The van der Waals surface area contributed by atoms with E-state index in [2.05, 4.69) is 10.3 Å². The van der Waals surface area contributed by atoms with Crippen LogP contribution in [0.2, 0.25) is 0 Å². The smallest absolute Gasteiger partial charge is 0.248 e. The number of rotatable bonds is 4. The molecule has 1 aromatic carbocycles. The second-order valence-corrected chi connectivity index (χ2v) is 4.07. The van der Waals surface area contributed by atoms with Gasteiger partial charge in [-0.05, 0) is 36.8 Å². The molecule has 0 saturated carbocycles. The lowest BCUT2D eigenvalue weighted by molar-refractivity contribution is 0.100. The first-order chi connectivity index (χ1) is 8.66. The number of nitrogens with one attached hydrogen (secondary N) is 1. The van der Waals surface area contributed by atoms with Crippen LogP contribution >= 0.6 is 0 Å². The fourth-order valence-corrected chi connectivity index (χ4v) is 1.67. The number of pyridine rings is 1. The number of amides is 1. The molecule has 0 fully saturated rings. The van der Waals surface area contributed by atoms with Gasteiger partial charge in [0.1, 0.15) is 0 Å². The summed E-state index contributed by atoms with van der Waals surface area (Å²) in [5, 5.41) is 3.23. The Morgan fingerprint density at radius 3 is 2.89 bits per heavy atom. The lowest BCUT2D eigenvalue weighted by Crippen LogP contribution is -2.11. The molecule has 18 heavy (non-hydrogen) atoms. The number of benzene rings is 1. The molecule has 1 heterocycles. The van der Waals surface area contributed by atoms with Gasteiger partial charge < -0.3 is 11.1 Å². The number of hydrogen-bond acceptors (Lipinski definition) is 3. The number of nitrogens with zero attached hydrogens (tertiary/aromatic N) is 1. The van der Waals surface area contributed by atoms with Crippen molar-refractivity contribution in [2.45, 2.75) is 13.5 Å². The molecule has 0 spiro atoms. The summed E-state index contributed by atoms with van der Waals surface area (Å²) in [6.07, 6.45) is 1.77. The zero-order valence-electron chi connectivity index (χ0n) is 10.2. The van der Waals surface area contributed by atoms with Crippen molar-refractivity contribution in [3.05, 3.63) is 59.4 Å². The molecule has 0 atom stereocenters. The van der Waals surface area contributed by atoms with E-state index in [1.165, 1.54) is 0 Å². The Morgan fingerprint density at radius 2 is 2.17 bits per heavy atom. The fraction of sp³-hybridized carbons (Fsp3) is 0.143. The van der Waals surface area contributed by atoms with E-state index < -0.39 is 5.91 Å². The predicted octanol–water partition coefficient (Wildman–Crippen LogP) is 2.10. The zero-order valence-corrected chi connectivity index (χ0v) is 10.2. The first kappa shape index (κ1) is 12.1. The van der Waals surface area contributed by atoms with E-state index in [0.29, 0.717) is 12.1 Å². The van der Waals surface area contributed by atoms with Gasteiger partial charge in [-0.2, -0.15) is 0 Å². The minimum Gasteiger partial charge on any atom is -0.379 e. The predicted molar refractivity (Wildman–Crippen MR) is 71.3 cm³/mol. The average Bonchev–Trinajstić information content (AvgIpc) is 2.38. The largest absolute Gasteiger partial charge is 0.379 e. The molecule has 2 aromatic rings. The highest BCUT2D eigenvalue weighted by molar-refractivity contribution is 5.93. The maximum absolute atomic E-state index is 11.1. The molecule has 2 rings (SSSR count). The Labute approximate surface area is 106 Å². The molecule has 0 aliphatic rings. The summed E-state index contributed by atoms with van der Waals surface area (Å²) in [4.78, 5) is 15.4. The molecular formula is C14H15N3O. The van der Waals surface area contributed by atoms with Gasteiger partial charge in [0.25, 0.3) is 0 Å². The van der Waals surface area contributed by atoms with Crippen molar-refractivity contribution in [3.8, 4) is 0 Å². The maximum Gasteiger partial charge on any atom is 0.248 e. The van der Waals surface area contributed by atoms with Crippen LogP contribution in [0.15, 0.2) is 42.6 Å². The van der Waals surface area contributed by atoms with Gasteiger partial charge >= 0.3 is 0 Å². The maximum atomic E-state index is 11.1. The highest BCUT2D eigenvalue weighted by Crippen LogP contribution is 2.12. The molecule has 0 aliphatic heterocycles. The molecule has 0 aliphatic carbocycles. The van der Waals surface area contributed by atoms with Crippen molar-refractivity contribution in [3.63, 3.8) is 0 Å². The van der Waals surface area contributed by atoms with Crippen LogP contribution in [0.25, 0.3) is 0 Å². The number of primary amides is 1. The summed E-state index contributed by atoms with van der Waals surface area (Å²) in [6, 6.07) is 11.1. The first-order valence-electron chi connectivity index (χ1n) is 5.71. The van der Waals surface area contributed by atoms with Crippen molar-refractivity contribution in [2.75, 3.05) is 5.32 Å². The zero-order chi connectivity index (χ0) is 13.0. The van der Waals surface area contributed by atoms with E-state index in [9.17, 15) is 4.79 Å². The average molecular weight is 241 g/mol. The molecule has 0 saturated heterocycles. The van der Waals surface area contributed by atoms with Crippen LogP contribution in [0, 0.1) is 6.92 Å². The van der Waals surface area contributed by atoms with E-state index in [0.717, 1.165) is 16.9 Å². The lowest BCUT2D eigenvalue weighted by atomic mass is 10.2. The van der Waals surface area contributed by atoms with Gasteiger partial charge in [0, 0.05) is 17.4 Å². The molecule has 4 heteroatoms. The Morgan fingerprint density at radius 1 is 1.33 bits per heavy atom. The Balaban J connectivity index is 2.09. The molecular weight excluding hydrogens is 226 g/mol. The molecule has 92 valence electrons. The summed E-state index contributed by atoms with van der Waals surface area (Å²) < 4.78 is 0. The Hall–Kier alpha value is -2.36. The van der Waals surface area contributed by atoms with Crippen LogP contribution in [-0.2, 0) is 6.54 Å². The van der Waals surface area contributed by atoms with E-state index in [4.69, 9.17) is 5.73 Å². The molecule has 1 amide bonds. The minimum atomic E-state index is -0.423. The number of carbonyl (C=O) groups is 1. The monoisotopic (exact) mass is 241 g/mol. The van der Waals surface area contributed by atoms with E-state index >= 15 is 0 Å². The van der Waals surface area contributed by atoms with E-state index in [-0.39, 0.29) is 0 Å². The van der Waals surface area contributed by atoms with Gasteiger partial charge in [0.05, 0.1) is 12.2 Å². The topological polar surface area (TPSA) is 68.0 Å². The van der Waals surface area contributed by atoms with Crippen molar-refractivity contribution in [1.29, 1.82) is 0 Å². The molecule has 3 N–H and O–H groups in total. The van der Waals surface area contributed by atoms with Crippen molar-refractivity contribution in [1.82, 2.24) is 4.98 Å². The first-order valence-corrected chi connectivity index (χ1v) is 5.71. The normalized spacial score (nSPS) is 10.1. The van der Waals surface area contributed by atoms with Gasteiger partial charge in [0.15, 0.2) is 0 Å². The fourth-order valence-electron chi connectivity index (χ4n) is 1.67. The standard InChI is InChI=1S/C14H15N3O/c1-10-4-3-7-16-13(10)9-17-12-6-2-5-11(8-12)14(15)18/h2-8,17H,9H2,1H3,(H2,15,18). The minimum absolute atomic E-state index is 0.423. The van der Waals surface area contributed by atoms with Gasteiger partial charge in [-0.15, -0.1) is 0 Å². The van der Waals surface area contributed by atoms with Crippen LogP contribution in [0.1, 0.15) is 21.6 Å². The van der Waals surface area contributed by atoms with Crippen LogP contribution in [0.3, 0.4) is 0 Å². The highest BCUT2D eigenvalue weighted by atomic mass is 16.1. The highest BCUT2D eigenvalue weighted by Gasteiger charge is 2.02. The summed E-state index contributed by atoms with van der Waals surface area (Å²) in [5.74, 6) is -0.423. The molecule has 0 unspecified atom stereocenters. The number of carbonyl (C=O) groups excluding carboxylic acids is 1. The van der Waals surface area contributed by atoms with Crippen LogP contribution < -0.4 is 11.1 Å². The van der Waals surface area contributed by atoms with E-state index in [1.54, 1.807) is 24.4 Å². The summed E-state index contributed by atoms with van der Waals surface area (Å²) >= 11 is 0. The summed E-state index contributed by atoms with van der Waals surface area (Å²) in [7, 11) is 0. The second kappa shape index (κ2) is 5.31. The van der Waals surface area contributed by atoms with Crippen molar-refractivity contribution < 1.29 is 4.79 Å². The SMILES string of the molecule is Cc1cccnc1CNc1cccc(C(N)=O)c1. The number of aromatic nitrogens is 1. The molecule has 0 bridgehead atoms. The van der Waals surface area contributed by atoms with Crippen LogP contribution in [-0.4, -0.2) is 10.9 Å². The quantitative estimate of drug-likeness (QED) is 0.861. The summed E-state index contributed by atoms with van der Waals surface area (Å²) in [5.41, 5.74) is 8.71. The van der Waals surface area contributed by atoms with Gasteiger partial charge in [0.2, 0.25) is 5.91 Å². The van der Waals surface area contributed by atoms with Gasteiger partial charge in [-0.1, -0.05) is 12.1 Å². The third-order valence-corrected chi connectivity index (χ3v) is 2.72. The summed E-state index contributed by atoms with van der Waals surface area (Å²) in [6.45, 7) is 2.64. The van der Waals surface area contributed by atoms with Crippen molar-refractivity contribution >= 4 is 11.6 Å². The number of hydrogen-bond donors (Lipinski definition) is 2. The van der Waals surface area contributed by atoms with Crippen molar-refractivity contribution in [2.24, 2.45) is 5.73 Å². The Bertz CT molecular complexity index is 566. The van der Waals surface area contributed by atoms with Crippen LogP contribution in [0.4, 0.5) is 5.69 Å². The molecule has 4 nitrogen and oxygen atoms in total. The number of nitrogens with two attached hydrogens (primary N) is 1. The Kier molecular flexibility index (Phi) is 3.57. The molecule has 0 radical (unpaired) electrons. The van der Waals surface area contributed by atoms with Gasteiger partial charge in [-0.25, -0.2) is 0 Å². The number of anilines is 1. The third-order valence-electron chi connectivity index (χ3n) is 2.72. The third kappa shape index (κ3) is 2.85. The van der Waals surface area contributed by atoms with Gasteiger partial charge in [-0.3, -0.25) is 9.78 Å². The van der Waals surface area contributed by atoms with E-state index in [1.807, 2.05) is 25.1 Å². The number of aryl methyl sites for hydroxylation is 1.